The number of aromatic nitrogens is 2. The quantitative estimate of drug-likeness (QED) is 0.677. The summed E-state index contributed by atoms with van der Waals surface area (Å²) in [5, 5.41) is 3.76. The summed E-state index contributed by atoms with van der Waals surface area (Å²) in [6.45, 7) is 1.67. The maximum absolute atomic E-state index is 11.0. The summed E-state index contributed by atoms with van der Waals surface area (Å²) in [6, 6.07) is 5.11. The van der Waals surface area contributed by atoms with Crippen LogP contribution in [0.1, 0.15) is 16.2 Å². The maximum atomic E-state index is 11.0. The van der Waals surface area contributed by atoms with E-state index in [1.807, 2.05) is 0 Å². The van der Waals surface area contributed by atoms with E-state index in [1.54, 1.807) is 25.1 Å². The van der Waals surface area contributed by atoms with Crippen molar-refractivity contribution in [2.75, 3.05) is 5.32 Å². The maximum Gasteiger partial charge on any atom is 0.156 e. The van der Waals surface area contributed by atoms with Gasteiger partial charge in [-0.1, -0.05) is 40.9 Å². The first-order chi connectivity index (χ1) is 9.02. The average Bonchev–Trinajstić information content (AvgIpc) is 2.34. The molecule has 0 bridgehead atoms. The van der Waals surface area contributed by atoms with Gasteiger partial charge in [0, 0.05) is 0 Å². The molecular formula is C12H8Cl3N3O. The van der Waals surface area contributed by atoms with Gasteiger partial charge >= 0.3 is 0 Å². The molecule has 1 heterocycles. The third-order valence-corrected chi connectivity index (χ3v) is 3.44. The summed E-state index contributed by atoms with van der Waals surface area (Å²) in [5.41, 5.74) is 0.703. The van der Waals surface area contributed by atoms with E-state index >= 15 is 0 Å². The second-order valence-electron chi connectivity index (χ2n) is 3.67. The van der Waals surface area contributed by atoms with Crippen LogP contribution in [-0.2, 0) is 0 Å². The standard InChI is InChI=1S/C12H8Cl3N3O/c1-6-16-11(15)7(5-19)12(17-6)18-9-4-2-3-8(13)10(9)14/h2-5H,1H3,(H,16,17,18). The summed E-state index contributed by atoms with van der Waals surface area (Å²) in [6.07, 6.45) is 0.586. The van der Waals surface area contributed by atoms with Crippen LogP contribution in [-0.4, -0.2) is 16.3 Å². The van der Waals surface area contributed by atoms with Crippen molar-refractivity contribution in [3.63, 3.8) is 0 Å². The van der Waals surface area contributed by atoms with Gasteiger partial charge in [0.2, 0.25) is 0 Å². The molecule has 0 amide bonds. The van der Waals surface area contributed by atoms with Crippen LogP contribution in [0.4, 0.5) is 11.5 Å². The molecule has 2 rings (SSSR count). The lowest BCUT2D eigenvalue weighted by atomic mass is 10.3. The van der Waals surface area contributed by atoms with E-state index in [2.05, 4.69) is 15.3 Å². The first-order valence-corrected chi connectivity index (χ1v) is 6.36. The number of hydrogen-bond donors (Lipinski definition) is 1. The van der Waals surface area contributed by atoms with E-state index in [0.29, 0.717) is 27.8 Å². The average molecular weight is 317 g/mol. The fraction of sp³-hybridized carbons (Fsp3) is 0.0833. The van der Waals surface area contributed by atoms with Gasteiger partial charge in [-0.05, 0) is 19.1 Å². The summed E-state index contributed by atoms with van der Waals surface area (Å²) >= 11 is 17.9. The minimum absolute atomic E-state index is 0.0863. The van der Waals surface area contributed by atoms with Crippen molar-refractivity contribution in [1.29, 1.82) is 0 Å². The topological polar surface area (TPSA) is 54.9 Å². The Kier molecular flexibility index (Phi) is 4.24. The zero-order chi connectivity index (χ0) is 14.0. The number of rotatable bonds is 3. The summed E-state index contributed by atoms with van der Waals surface area (Å²) in [4.78, 5) is 19.1. The molecule has 0 unspecified atom stereocenters. The molecule has 0 radical (unpaired) electrons. The number of benzene rings is 1. The van der Waals surface area contributed by atoms with Gasteiger partial charge in [0.15, 0.2) is 6.29 Å². The molecule has 0 saturated carbocycles. The molecule has 0 aliphatic rings. The number of anilines is 2. The smallest absolute Gasteiger partial charge is 0.156 e. The first-order valence-electron chi connectivity index (χ1n) is 5.23. The van der Waals surface area contributed by atoms with Crippen molar-refractivity contribution in [1.82, 2.24) is 9.97 Å². The Balaban J connectivity index is 2.49. The largest absolute Gasteiger partial charge is 0.338 e. The van der Waals surface area contributed by atoms with Crippen LogP contribution in [0.3, 0.4) is 0 Å². The third kappa shape index (κ3) is 2.97. The number of aldehydes is 1. The number of carbonyl (C=O) groups is 1. The van der Waals surface area contributed by atoms with Crippen LogP contribution in [0.2, 0.25) is 15.2 Å². The highest BCUT2D eigenvalue weighted by Gasteiger charge is 2.13. The molecule has 0 saturated heterocycles. The molecular weight excluding hydrogens is 309 g/mol. The normalized spacial score (nSPS) is 10.3. The summed E-state index contributed by atoms with van der Waals surface area (Å²) in [7, 11) is 0. The van der Waals surface area contributed by atoms with Crippen LogP contribution in [0.15, 0.2) is 18.2 Å². The second kappa shape index (κ2) is 5.74. The zero-order valence-electron chi connectivity index (χ0n) is 9.75. The molecule has 1 aromatic heterocycles. The van der Waals surface area contributed by atoms with Crippen molar-refractivity contribution in [2.24, 2.45) is 0 Å². The molecule has 1 N–H and O–H groups in total. The Morgan fingerprint density at radius 3 is 2.63 bits per heavy atom. The molecule has 0 atom stereocenters. The minimum atomic E-state index is 0.0863. The van der Waals surface area contributed by atoms with Gasteiger partial charge in [-0.25, -0.2) is 9.97 Å². The third-order valence-electron chi connectivity index (χ3n) is 2.33. The van der Waals surface area contributed by atoms with E-state index in [9.17, 15) is 4.79 Å². The van der Waals surface area contributed by atoms with Crippen LogP contribution in [0, 0.1) is 6.92 Å². The van der Waals surface area contributed by atoms with Crippen molar-refractivity contribution < 1.29 is 4.79 Å². The van der Waals surface area contributed by atoms with Gasteiger partial charge in [0.25, 0.3) is 0 Å². The molecule has 0 aliphatic heterocycles. The predicted octanol–water partition coefficient (Wildman–Crippen LogP) is 4.30. The number of halogens is 3. The fourth-order valence-corrected chi connectivity index (χ4v) is 2.08. The van der Waals surface area contributed by atoms with Crippen molar-refractivity contribution in [3.05, 3.63) is 44.8 Å². The van der Waals surface area contributed by atoms with E-state index in [4.69, 9.17) is 34.8 Å². The van der Waals surface area contributed by atoms with E-state index in [0.717, 1.165) is 0 Å². The lowest BCUT2D eigenvalue weighted by Gasteiger charge is -2.11. The Morgan fingerprint density at radius 1 is 1.21 bits per heavy atom. The van der Waals surface area contributed by atoms with Crippen molar-refractivity contribution in [3.8, 4) is 0 Å². The Labute approximate surface area is 124 Å². The SMILES string of the molecule is Cc1nc(Cl)c(C=O)c(Nc2cccc(Cl)c2Cl)n1. The number of carbonyl (C=O) groups excluding carboxylic acids is 1. The van der Waals surface area contributed by atoms with Crippen molar-refractivity contribution >= 4 is 52.6 Å². The summed E-state index contributed by atoms with van der Waals surface area (Å²) < 4.78 is 0. The molecule has 0 aliphatic carbocycles. The van der Waals surface area contributed by atoms with Gasteiger partial charge in [-0.3, -0.25) is 4.79 Å². The zero-order valence-corrected chi connectivity index (χ0v) is 12.0. The lowest BCUT2D eigenvalue weighted by Crippen LogP contribution is -2.03. The van der Waals surface area contributed by atoms with Gasteiger partial charge in [-0.15, -0.1) is 0 Å². The Hall–Kier alpha value is -1.36. The number of aryl methyl sites for hydroxylation is 1. The molecule has 19 heavy (non-hydrogen) atoms. The van der Waals surface area contributed by atoms with Gasteiger partial charge < -0.3 is 5.32 Å². The molecule has 2 aromatic rings. The Bertz CT molecular complexity index is 646. The van der Waals surface area contributed by atoms with Crippen LogP contribution in [0.5, 0.6) is 0 Å². The molecule has 98 valence electrons. The van der Waals surface area contributed by atoms with E-state index in [-0.39, 0.29) is 16.5 Å². The molecule has 0 fully saturated rings. The molecule has 7 heteroatoms. The highest BCUT2D eigenvalue weighted by atomic mass is 35.5. The molecule has 0 spiro atoms. The lowest BCUT2D eigenvalue weighted by molar-refractivity contribution is 0.112. The minimum Gasteiger partial charge on any atom is -0.338 e. The van der Waals surface area contributed by atoms with Crippen LogP contribution < -0.4 is 5.32 Å². The monoisotopic (exact) mass is 315 g/mol. The van der Waals surface area contributed by atoms with Crippen LogP contribution in [0.25, 0.3) is 0 Å². The van der Waals surface area contributed by atoms with E-state index in [1.165, 1.54) is 0 Å². The van der Waals surface area contributed by atoms with Gasteiger partial charge in [0.1, 0.15) is 16.8 Å². The van der Waals surface area contributed by atoms with Crippen LogP contribution >= 0.6 is 34.8 Å². The van der Waals surface area contributed by atoms with Gasteiger partial charge in [-0.2, -0.15) is 0 Å². The number of nitrogens with zero attached hydrogens (tertiary/aromatic N) is 2. The fourth-order valence-electron chi connectivity index (χ4n) is 1.47. The Morgan fingerprint density at radius 2 is 1.95 bits per heavy atom. The molecule has 1 aromatic carbocycles. The van der Waals surface area contributed by atoms with Crippen molar-refractivity contribution in [2.45, 2.75) is 6.92 Å². The highest BCUT2D eigenvalue weighted by molar-refractivity contribution is 6.43. The second-order valence-corrected chi connectivity index (χ2v) is 4.81. The van der Waals surface area contributed by atoms with Gasteiger partial charge in [0.05, 0.1) is 21.3 Å². The molecule has 4 nitrogen and oxygen atoms in total. The number of hydrogen-bond acceptors (Lipinski definition) is 4. The van der Waals surface area contributed by atoms with E-state index < -0.39 is 0 Å². The summed E-state index contributed by atoms with van der Waals surface area (Å²) in [5.74, 6) is 0.730. The highest BCUT2D eigenvalue weighted by Crippen LogP contribution is 2.32. The predicted molar refractivity (Wildman–Crippen MR) is 76.9 cm³/mol. The number of nitrogens with one attached hydrogen (secondary N) is 1. The first kappa shape index (κ1) is 14.1.